The quantitative estimate of drug-likeness (QED) is 0.535. The van der Waals surface area contributed by atoms with Crippen molar-refractivity contribution in [3.05, 3.63) is 53.1 Å². The summed E-state index contributed by atoms with van der Waals surface area (Å²) in [5.41, 5.74) is 1.04. The van der Waals surface area contributed by atoms with E-state index in [0.717, 1.165) is 25.5 Å². The number of halogens is 3. The largest absolute Gasteiger partial charge is 0.326 e. The molecular weight excluding hydrogens is 394 g/mol. The standard InChI is InChI=1S/C23H27ClF2N2O/c24-20-16-17(11-12-18(20)19-8-7-9-21(25)23(19)26)27-22(29)10-3-6-15-28-13-4-1-2-5-14-28/h7-9,11-12,16H,1-6,10,13-15H2,(H,27,29). The van der Waals surface area contributed by atoms with Crippen molar-refractivity contribution in [3.63, 3.8) is 0 Å². The van der Waals surface area contributed by atoms with Crippen LogP contribution in [0.25, 0.3) is 11.1 Å². The third-order valence-electron chi connectivity index (χ3n) is 5.32. The van der Waals surface area contributed by atoms with E-state index in [4.69, 9.17) is 11.6 Å². The number of carbonyl (C=O) groups is 1. The predicted molar refractivity (Wildman–Crippen MR) is 114 cm³/mol. The molecule has 0 unspecified atom stereocenters. The van der Waals surface area contributed by atoms with Crippen molar-refractivity contribution in [2.75, 3.05) is 25.0 Å². The normalized spacial score (nSPS) is 15.1. The van der Waals surface area contributed by atoms with E-state index in [-0.39, 0.29) is 16.5 Å². The van der Waals surface area contributed by atoms with Crippen LogP contribution in [0.5, 0.6) is 0 Å². The first-order chi connectivity index (χ1) is 14.0. The highest BCUT2D eigenvalue weighted by Gasteiger charge is 2.14. The Hall–Kier alpha value is -1.98. The van der Waals surface area contributed by atoms with Gasteiger partial charge in [0.25, 0.3) is 0 Å². The van der Waals surface area contributed by atoms with Crippen LogP contribution in [0.4, 0.5) is 14.5 Å². The molecule has 1 aliphatic heterocycles. The number of unbranched alkanes of at least 4 members (excludes halogenated alkanes) is 1. The lowest BCUT2D eigenvalue weighted by Crippen LogP contribution is -2.25. The number of carbonyl (C=O) groups excluding carboxylic acids is 1. The Kier molecular flexibility index (Phi) is 8.01. The molecule has 3 nitrogen and oxygen atoms in total. The first kappa shape index (κ1) is 21.7. The molecule has 6 heteroatoms. The molecular formula is C23H27ClF2N2O. The Morgan fingerprint density at radius 3 is 2.48 bits per heavy atom. The Morgan fingerprint density at radius 2 is 1.76 bits per heavy atom. The summed E-state index contributed by atoms with van der Waals surface area (Å²) in [5, 5.41) is 3.09. The third-order valence-corrected chi connectivity index (χ3v) is 5.63. The summed E-state index contributed by atoms with van der Waals surface area (Å²) in [7, 11) is 0. The number of hydrogen-bond acceptors (Lipinski definition) is 2. The van der Waals surface area contributed by atoms with E-state index < -0.39 is 11.6 Å². The van der Waals surface area contributed by atoms with Gasteiger partial charge in [-0.3, -0.25) is 4.79 Å². The smallest absolute Gasteiger partial charge is 0.224 e. The summed E-state index contributed by atoms with van der Waals surface area (Å²) in [6.07, 6.45) is 7.49. The van der Waals surface area contributed by atoms with Gasteiger partial charge < -0.3 is 10.2 Å². The van der Waals surface area contributed by atoms with Crippen LogP contribution in [-0.4, -0.2) is 30.4 Å². The molecule has 1 heterocycles. The number of hydrogen-bond donors (Lipinski definition) is 1. The van der Waals surface area contributed by atoms with Gasteiger partial charge in [0, 0.05) is 23.2 Å². The molecule has 1 aliphatic rings. The van der Waals surface area contributed by atoms with Gasteiger partial charge in [-0.1, -0.05) is 42.6 Å². The van der Waals surface area contributed by atoms with Crippen molar-refractivity contribution >= 4 is 23.2 Å². The molecule has 0 radical (unpaired) electrons. The number of nitrogens with zero attached hydrogens (tertiary/aromatic N) is 1. The maximum absolute atomic E-state index is 14.0. The fourth-order valence-electron chi connectivity index (χ4n) is 3.73. The average molecular weight is 421 g/mol. The molecule has 0 aromatic heterocycles. The summed E-state index contributed by atoms with van der Waals surface area (Å²) in [6, 6.07) is 8.79. The van der Waals surface area contributed by atoms with Crippen molar-refractivity contribution in [3.8, 4) is 11.1 Å². The molecule has 156 valence electrons. The van der Waals surface area contributed by atoms with Crippen molar-refractivity contribution in [2.45, 2.75) is 44.9 Å². The van der Waals surface area contributed by atoms with Crippen LogP contribution in [-0.2, 0) is 4.79 Å². The van der Waals surface area contributed by atoms with Gasteiger partial charge in [-0.05, 0) is 63.5 Å². The van der Waals surface area contributed by atoms with E-state index in [9.17, 15) is 13.6 Å². The lowest BCUT2D eigenvalue weighted by molar-refractivity contribution is -0.116. The number of rotatable bonds is 7. The molecule has 29 heavy (non-hydrogen) atoms. The van der Waals surface area contributed by atoms with Crippen LogP contribution in [0.3, 0.4) is 0 Å². The Bertz CT molecular complexity index is 836. The molecule has 0 bridgehead atoms. The molecule has 1 N–H and O–H groups in total. The zero-order valence-corrected chi connectivity index (χ0v) is 17.3. The minimum atomic E-state index is -0.935. The molecule has 1 saturated heterocycles. The van der Waals surface area contributed by atoms with Gasteiger partial charge in [0.15, 0.2) is 11.6 Å². The van der Waals surface area contributed by atoms with Crippen molar-refractivity contribution < 1.29 is 13.6 Å². The molecule has 0 aliphatic carbocycles. The summed E-state index contributed by atoms with van der Waals surface area (Å²) in [6.45, 7) is 3.39. The number of benzene rings is 2. The molecule has 0 atom stereocenters. The molecule has 0 saturated carbocycles. The zero-order chi connectivity index (χ0) is 20.6. The molecule has 3 rings (SSSR count). The molecule has 2 aromatic carbocycles. The van der Waals surface area contributed by atoms with Crippen LogP contribution >= 0.6 is 11.6 Å². The molecule has 2 aromatic rings. The second kappa shape index (κ2) is 10.7. The van der Waals surface area contributed by atoms with Crippen LogP contribution in [0.15, 0.2) is 36.4 Å². The van der Waals surface area contributed by atoms with E-state index in [2.05, 4.69) is 10.2 Å². The molecule has 0 spiro atoms. The van der Waals surface area contributed by atoms with Crippen molar-refractivity contribution in [1.82, 2.24) is 4.90 Å². The van der Waals surface area contributed by atoms with Gasteiger partial charge >= 0.3 is 0 Å². The minimum absolute atomic E-state index is 0.0679. The van der Waals surface area contributed by atoms with Gasteiger partial charge in [-0.15, -0.1) is 0 Å². The van der Waals surface area contributed by atoms with Crippen LogP contribution in [0.1, 0.15) is 44.9 Å². The fourth-order valence-corrected chi connectivity index (χ4v) is 4.01. The second-order valence-corrected chi connectivity index (χ2v) is 7.96. The average Bonchev–Trinajstić information content (AvgIpc) is 2.97. The maximum Gasteiger partial charge on any atom is 0.224 e. The highest BCUT2D eigenvalue weighted by atomic mass is 35.5. The van der Waals surface area contributed by atoms with Gasteiger partial charge in [0.2, 0.25) is 5.91 Å². The first-order valence-electron chi connectivity index (χ1n) is 10.3. The van der Waals surface area contributed by atoms with E-state index in [1.807, 2.05) is 0 Å². The first-order valence-corrected chi connectivity index (χ1v) is 10.7. The van der Waals surface area contributed by atoms with Gasteiger partial charge in [-0.2, -0.15) is 0 Å². The number of nitrogens with one attached hydrogen (secondary N) is 1. The number of likely N-dealkylation sites (tertiary alicyclic amines) is 1. The fraction of sp³-hybridized carbons (Fsp3) is 0.435. The minimum Gasteiger partial charge on any atom is -0.326 e. The van der Waals surface area contributed by atoms with Gasteiger partial charge in [-0.25, -0.2) is 8.78 Å². The lowest BCUT2D eigenvalue weighted by Gasteiger charge is -2.19. The van der Waals surface area contributed by atoms with Crippen LogP contribution < -0.4 is 5.32 Å². The molecule has 1 fully saturated rings. The zero-order valence-electron chi connectivity index (χ0n) is 16.5. The predicted octanol–water partition coefficient (Wildman–Crippen LogP) is 6.27. The highest BCUT2D eigenvalue weighted by Crippen LogP contribution is 2.32. The van der Waals surface area contributed by atoms with E-state index in [0.29, 0.717) is 17.7 Å². The number of amides is 1. The Morgan fingerprint density at radius 1 is 1.00 bits per heavy atom. The monoisotopic (exact) mass is 420 g/mol. The van der Waals surface area contributed by atoms with Crippen LogP contribution in [0, 0.1) is 11.6 Å². The topological polar surface area (TPSA) is 32.3 Å². The summed E-state index contributed by atoms with van der Waals surface area (Å²) in [5.74, 6) is -1.92. The summed E-state index contributed by atoms with van der Waals surface area (Å²) < 4.78 is 27.5. The van der Waals surface area contributed by atoms with Gasteiger partial charge in [0.1, 0.15) is 0 Å². The second-order valence-electron chi connectivity index (χ2n) is 7.56. The van der Waals surface area contributed by atoms with E-state index in [1.54, 1.807) is 18.2 Å². The highest BCUT2D eigenvalue weighted by molar-refractivity contribution is 6.33. The molecule has 1 amide bonds. The number of anilines is 1. The van der Waals surface area contributed by atoms with Crippen molar-refractivity contribution in [2.24, 2.45) is 0 Å². The maximum atomic E-state index is 14.0. The SMILES string of the molecule is O=C(CCCCN1CCCCCC1)Nc1ccc(-c2cccc(F)c2F)c(Cl)c1. The Labute approximate surface area is 176 Å². The van der Waals surface area contributed by atoms with Crippen molar-refractivity contribution in [1.29, 1.82) is 0 Å². The lowest BCUT2D eigenvalue weighted by atomic mass is 10.0. The van der Waals surface area contributed by atoms with Crippen LogP contribution in [0.2, 0.25) is 5.02 Å². The van der Waals surface area contributed by atoms with E-state index in [1.165, 1.54) is 50.9 Å². The Balaban J connectivity index is 1.49. The summed E-state index contributed by atoms with van der Waals surface area (Å²) >= 11 is 6.25. The third kappa shape index (κ3) is 6.25. The van der Waals surface area contributed by atoms with Gasteiger partial charge in [0.05, 0.1) is 5.02 Å². The summed E-state index contributed by atoms with van der Waals surface area (Å²) in [4.78, 5) is 14.7. The van der Waals surface area contributed by atoms with E-state index >= 15 is 0 Å².